The lowest BCUT2D eigenvalue weighted by molar-refractivity contribution is -0.570. The van der Waals surface area contributed by atoms with Gasteiger partial charge in [0.15, 0.2) is 0 Å². The molecule has 0 spiro atoms. The highest BCUT2D eigenvalue weighted by Gasteiger charge is 2.29. The van der Waals surface area contributed by atoms with E-state index in [-0.39, 0.29) is 5.56 Å². The molecule has 0 saturated heterocycles. The van der Waals surface area contributed by atoms with Crippen molar-refractivity contribution in [3.63, 3.8) is 0 Å². The van der Waals surface area contributed by atoms with E-state index in [0.29, 0.717) is 0 Å². The highest BCUT2D eigenvalue weighted by Crippen LogP contribution is 2.21. The lowest BCUT2D eigenvalue weighted by Crippen LogP contribution is -2.16. The van der Waals surface area contributed by atoms with Gasteiger partial charge in [-0.1, -0.05) is 18.2 Å². The first-order valence-corrected chi connectivity index (χ1v) is 5.95. The lowest BCUT2D eigenvalue weighted by atomic mass is 10.2. The minimum absolute atomic E-state index is 0.103. The van der Waals surface area contributed by atoms with E-state index in [1.165, 1.54) is 24.3 Å². The third kappa shape index (κ3) is 3.82. The maximum absolute atomic E-state index is 10.6. The van der Waals surface area contributed by atoms with E-state index in [1.54, 1.807) is 6.07 Å². The van der Waals surface area contributed by atoms with Crippen LogP contribution in [0.4, 0.5) is 0 Å². The quantitative estimate of drug-likeness (QED) is 0.350. The van der Waals surface area contributed by atoms with Crippen molar-refractivity contribution in [2.45, 2.75) is 6.23 Å². The molecular weight excluding hydrogens is 246 g/mol. The molecule has 1 aromatic carbocycles. The number of benzene rings is 1. The van der Waals surface area contributed by atoms with Crippen molar-refractivity contribution in [2.24, 2.45) is 0 Å². The Labute approximate surface area is 90.2 Å². The molecule has 6 nitrogen and oxygen atoms in total. The van der Waals surface area contributed by atoms with Crippen LogP contribution in [0.15, 0.2) is 30.3 Å². The summed E-state index contributed by atoms with van der Waals surface area (Å²) in [5, 5.41) is 10.5. The van der Waals surface area contributed by atoms with E-state index < -0.39 is 20.5 Å². The van der Waals surface area contributed by atoms with E-state index in [0.717, 1.165) is 0 Å². The summed E-state index contributed by atoms with van der Waals surface area (Å²) in [6.45, 7) is 0. The number of nitrogens with zero attached hydrogens (tertiary/aromatic N) is 1. The molecule has 0 aliphatic heterocycles. The Morgan fingerprint density at radius 1 is 1.33 bits per heavy atom. The van der Waals surface area contributed by atoms with Gasteiger partial charge >= 0.3 is 15.6 Å². The second-order valence-corrected chi connectivity index (χ2v) is 4.65. The molecule has 1 atom stereocenters. The van der Waals surface area contributed by atoms with Crippen LogP contribution in [0.25, 0.3) is 0 Å². The molecule has 1 unspecified atom stereocenters. The molecule has 1 aromatic rings. The Morgan fingerprint density at radius 2 is 1.87 bits per heavy atom. The van der Waals surface area contributed by atoms with Gasteiger partial charge in [-0.05, 0) is 12.1 Å². The summed E-state index contributed by atoms with van der Waals surface area (Å²) >= 11 is 0. The predicted octanol–water partition coefficient (Wildman–Crippen LogP) is 1.46. The minimum Gasteiger partial charge on any atom is -0.261 e. The zero-order chi connectivity index (χ0) is 11.5. The zero-order valence-corrected chi connectivity index (χ0v) is 8.81. The monoisotopic (exact) mass is 251 g/mol. The summed E-state index contributed by atoms with van der Waals surface area (Å²) in [6, 6.07) is 7.42. The van der Waals surface area contributed by atoms with Crippen LogP contribution >= 0.6 is 10.7 Å². The first-order chi connectivity index (χ1) is 6.90. The number of hydrogen-bond donors (Lipinski definition) is 0. The molecule has 0 N–H and O–H groups in total. The van der Waals surface area contributed by atoms with Crippen LogP contribution in [-0.4, -0.2) is 13.3 Å². The number of nitro groups is 1. The first kappa shape index (κ1) is 11.9. The van der Waals surface area contributed by atoms with Gasteiger partial charge in [-0.3, -0.25) is 10.1 Å². The van der Waals surface area contributed by atoms with Gasteiger partial charge in [0.05, 0.1) is 10.5 Å². The molecule has 8 heteroatoms. The Hall–Kier alpha value is -1.18. The molecule has 0 radical (unpaired) electrons. The molecular formula is C7H6ClNO5S. The highest BCUT2D eigenvalue weighted by molar-refractivity contribution is 8.09. The smallest absolute Gasteiger partial charge is 0.261 e. The fourth-order valence-corrected chi connectivity index (χ4v) is 1.54. The summed E-state index contributed by atoms with van der Waals surface area (Å²) in [7, 11) is 0.381. The van der Waals surface area contributed by atoms with Crippen molar-refractivity contribution >= 4 is 20.0 Å². The van der Waals surface area contributed by atoms with Crippen molar-refractivity contribution in [3.05, 3.63) is 46.0 Å². The highest BCUT2D eigenvalue weighted by atomic mass is 35.7. The van der Waals surface area contributed by atoms with Gasteiger partial charge in [0, 0.05) is 10.7 Å². The van der Waals surface area contributed by atoms with E-state index in [9.17, 15) is 18.5 Å². The molecule has 0 aliphatic carbocycles. The van der Waals surface area contributed by atoms with Crippen LogP contribution in [-0.2, 0) is 13.5 Å². The van der Waals surface area contributed by atoms with Crippen LogP contribution in [0.3, 0.4) is 0 Å². The average Bonchev–Trinajstić information content (AvgIpc) is 2.14. The second-order valence-electron chi connectivity index (χ2n) is 2.54. The van der Waals surface area contributed by atoms with E-state index in [1.807, 2.05) is 0 Å². The topological polar surface area (TPSA) is 86.5 Å². The maximum Gasteiger partial charge on any atom is 0.361 e. The van der Waals surface area contributed by atoms with E-state index >= 15 is 0 Å². The average molecular weight is 252 g/mol. The molecule has 0 aromatic heterocycles. The fourth-order valence-electron chi connectivity index (χ4n) is 0.939. The number of hydrogen-bond acceptors (Lipinski definition) is 5. The summed E-state index contributed by atoms with van der Waals surface area (Å²) in [6.07, 6.45) is -1.81. The van der Waals surface area contributed by atoms with Gasteiger partial charge in [0.25, 0.3) is 0 Å². The maximum atomic E-state index is 10.6. The largest absolute Gasteiger partial charge is 0.361 e. The number of rotatable bonds is 4. The van der Waals surface area contributed by atoms with Gasteiger partial charge in [0.1, 0.15) is 0 Å². The van der Waals surface area contributed by atoms with E-state index in [2.05, 4.69) is 4.18 Å². The Bertz CT molecular complexity index is 446. The molecule has 0 fully saturated rings. The van der Waals surface area contributed by atoms with Crippen molar-refractivity contribution < 1.29 is 17.5 Å². The number of halogens is 1. The Morgan fingerprint density at radius 3 is 2.27 bits per heavy atom. The molecule has 0 saturated carbocycles. The van der Waals surface area contributed by atoms with E-state index in [4.69, 9.17) is 10.7 Å². The van der Waals surface area contributed by atoms with Crippen molar-refractivity contribution in [2.75, 3.05) is 0 Å². The molecule has 1 rings (SSSR count). The van der Waals surface area contributed by atoms with Crippen LogP contribution in [0, 0.1) is 10.1 Å². The normalized spacial score (nSPS) is 13.4. The zero-order valence-electron chi connectivity index (χ0n) is 7.24. The standard InChI is InChI=1S/C7H6ClNO5S/c8-15(12,13)14-7(9(10)11)6-4-2-1-3-5-6/h1-5,7H. The fraction of sp³-hybridized carbons (Fsp3) is 0.143. The van der Waals surface area contributed by atoms with Crippen molar-refractivity contribution in [1.82, 2.24) is 0 Å². The van der Waals surface area contributed by atoms with Gasteiger partial charge in [0.2, 0.25) is 0 Å². The molecule has 15 heavy (non-hydrogen) atoms. The molecule has 0 bridgehead atoms. The molecule has 0 amide bonds. The molecule has 0 aliphatic rings. The lowest BCUT2D eigenvalue weighted by Gasteiger charge is -2.06. The third-order valence-electron chi connectivity index (χ3n) is 1.48. The SMILES string of the molecule is O=[N+]([O-])C(OS(=O)(=O)Cl)c1ccccc1. The Balaban J connectivity index is 3.00. The van der Waals surface area contributed by atoms with Crippen LogP contribution in [0.1, 0.15) is 11.8 Å². The first-order valence-electron chi connectivity index (χ1n) is 3.71. The third-order valence-corrected chi connectivity index (χ3v) is 2.11. The van der Waals surface area contributed by atoms with Crippen LogP contribution < -0.4 is 0 Å². The molecule has 0 heterocycles. The summed E-state index contributed by atoms with van der Waals surface area (Å²) < 4.78 is 25.2. The van der Waals surface area contributed by atoms with Gasteiger partial charge in [-0.15, -0.1) is 0 Å². The van der Waals surface area contributed by atoms with Crippen molar-refractivity contribution in [1.29, 1.82) is 0 Å². The summed E-state index contributed by atoms with van der Waals surface area (Å²) in [4.78, 5) is 9.66. The van der Waals surface area contributed by atoms with Gasteiger partial charge < -0.3 is 0 Å². The predicted molar refractivity (Wildman–Crippen MR) is 52.0 cm³/mol. The summed E-state index contributed by atoms with van der Waals surface area (Å²) in [5.41, 5.74) is 0.103. The van der Waals surface area contributed by atoms with Gasteiger partial charge in [-0.2, -0.15) is 12.6 Å². The minimum atomic E-state index is -4.39. The second kappa shape index (κ2) is 4.56. The van der Waals surface area contributed by atoms with Crippen molar-refractivity contribution in [3.8, 4) is 0 Å². The van der Waals surface area contributed by atoms with Crippen LogP contribution in [0.5, 0.6) is 0 Å². The van der Waals surface area contributed by atoms with Gasteiger partial charge in [-0.25, -0.2) is 0 Å². The molecule has 82 valence electrons. The Kier molecular flexibility index (Phi) is 3.61. The van der Waals surface area contributed by atoms with Crippen LogP contribution in [0.2, 0.25) is 0 Å². The summed E-state index contributed by atoms with van der Waals surface area (Å²) in [5.74, 6) is 0.